The van der Waals surface area contributed by atoms with Gasteiger partial charge in [0.2, 0.25) is 5.91 Å². The van der Waals surface area contributed by atoms with Crippen molar-refractivity contribution in [3.8, 4) is 0 Å². The van der Waals surface area contributed by atoms with Crippen LogP contribution >= 0.6 is 23.1 Å². The highest BCUT2D eigenvalue weighted by atomic mass is 32.2. The summed E-state index contributed by atoms with van der Waals surface area (Å²) in [5.41, 5.74) is 1.30. The van der Waals surface area contributed by atoms with Crippen LogP contribution in [0.1, 0.15) is 61.7 Å². The molecule has 4 saturated carbocycles. The molecule has 7 heteroatoms. The van der Waals surface area contributed by atoms with Crippen molar-refractivity contribution in [1.29, 1.82) is 0 Å². The topological polar surface area (TPSA) is 74.8 Å². The summed E-state index contributed by atoms with van der Waals surface area (Å²) in [7, 11) is 0. The summed E-state index contributed by atoms with van der Waals surface area (Å²) in [6.45, 7) is 6.78. The SMILES string of the molecule is Cc1sc2nc(CSC(C)C(=O)NCC34CC5CC(CC(C5)C3)C4)[nH]c(=O)c2c1C. The van der Waals surface area contributed by atoms with Crippen LogP contribution in [-0.4, -0.2) is 27.7 Å². The van der Waals surface area contributed by atoms with E-state index < -0.39 is 0 Å². The second kappa shape index (κ2) is 7.66. The lowest BCUT2D eigenvalue weighted by Crippen LogP contribution is -2.51. The molecule has 0 spiro atoms. The highest BCUT2D eigenvalue weighted by Gasteiger charge is 2.50. The molecule has 4 fully saturated rings. The number of carbonyl (C=O) groups excluding carboxylic acids is 1. The molecule has 4 aliphatic rings. The van der Waals surface area contributed by atoms with E-state index in [9.17, 15) is 9.59 Å². The number of nitrogens with zero attached hydrogens (tertiary/aromatic N) is 1. The number of hydrogen-bond donors (Lipinski definition) is 2. The molecular formula is C23H31N3O2S2. The fourth-order valence-electron chi connectivity index (χ4n) is 6.57. The minimum absolute atomic E-state index is 0.0728. The highest BCUT2D eigenvalue weighted by Crippen LogP contribution is 2.59. The molecule has 4 bridgehead atoms. The zero-order chi connectivity index (χ0) is 21.0. The number of H-pyrrole nitrogens is 1. The predicted octanol–water partition coefficient (Wildman–Crippen LogP) is 4.56. The van der Waals surface area contributed by atoms with Crippen LogP contribution in [0.5, 0.6) is 0 Å². The number of rotatable bonds is 6. The lowest BCUT2D eigenvalue weighted by molar-refractivity contribution is -0.122. The third kappa shape index (κ3) is 3.72. The van der Waals surface area contributed by atoms with Gasteiger partial charge in [0, 0.05) is 11.4 Å². The normalized spacial score (nSPS) is 30.7. The second-order valence-electron chi connectivity index (χ2n) is 10.1. The smallest absolute Gasteiger partial charge is 0.259 e. The summed E-state index contributed by atoms with van der Waals surface area (Å²) in [4.78, 5) is 34.7. The largest absolute Gasteiger partial charge is 0.355 e. The van der Waals surface area contributed by atoms with Crippen LogP contribution in [0, 0.1) is 37.0 Å². The van der Waals surface area contributed by atoms with Gasteiger partial charge in [-0.3, -0.25) is 9.59 Å². The molecule has 0 radical (unpaired) electrons. The van der Waals surface area contributed by atoms with E-state index in [4.69, 9.17) is 0 Å². The van der Waals surface area contributed by atoms with Crippen molar-refractivity contribution in [3.63, 3.8) is 0 Å². The number of aromatic nitrogens is 2. The Bertz CT molecular complexity index is 1010. The Labute approximate surface area is 185 Å². The Balaban J connectivity index is 1.18. The number of nitrogens with one attached hydrogen (secondary N) is 2. The van der Waals surface area contributed by atoms with Gasteiger partial charge in [-0.05, 0) is 88.0 Å². The summed E-state index contributed by atoms with van der Waals surface area (Å²) in [5, 5.41) is 3.82. The van der Waals surface area contributed by atoms with Crippen LogP contribution in [0.2, 0.25) is 0 Å². The fourth-order valence-corrected chi connectivity index (χ4v) is 8.40. The molecule has 6 rings (SSSR count). The number of aromatic amines is 1. The molecule has 1 amide bonds. The van der Waals surface area contributed by atoms with E-state index in [2.05, 4.69) is 15.3 Å². The first-order valence-corrected chi connectivity index (χ1v) is 13.1. The molecule has 2 heterocycles. The van der Waals surface area contributed by atoms with Gasteiger partial charge in [-0.15, -0.1) is 23.1 Å². The van der Waals surface area contributed by atoms with Gasteiger partial charge in [-0.2, -0.15) is 0 Å². The Morgan fingerprint density at radius 3 is 2.50 bits per heavy atom. The van der Waals surface area contributed by atoms with E-state index in [-0.39, 0.29) is 16.7 Å². The Hall–Kier alpha value is -1.34. The van der Waals surface area contributed by atoms with Gasteiger partial charge in [0.1, 0.15) is 10.7 Å². The number of amides is 1. The van der Waals surface area contributed by atoms with E-state index in [0.717, 1.165) is 39.6 Å². The van der Waals surface area contributed by atoms with Crippen molar-refractivity contribution in [1.82, 2.24) is 15.3 Å². The molecule has 1 unspecified atom stereocenters. The maximum absolute atomic E-state index is 12.8. The molecule has 162 valence electrons. The van der Waals surface area contributed by atoms with Crippen LogP contribution in [0.15, 0.2) is 4.79 Å². The predicted molar refractivity (Wildman–Crippen MR) is 124 cm³/mol. The fraction of sp³-hybridized carbons (Fsp3) is 0.696. The van der Waals surface area contributed by atoms with Gasteiger partial charge in [-0.1, -0.05) is 0 Å². The number of fused-ring (bicyclic) bond motifs is 1. The van der Waals surface area contributed by atoms with Gasteiger partial charge in [-0.25, -0.2) is 4.98 Å². The van der Waals surface area contributed by atoms with Crippen molar-refractivity contribution in [2.24, 2.45) is 23.2 Å². The van der Waals surface area contributed by atoms with Gasteiger partial charge in [0.15, 0.2) is 0 Å². The molecule has 0 aliphatic heterocycles. The minimum atomic E-state index is -0.160. The third-order valence-corrected chi connectivity index (χ3v) is 9.99. The summed E-state index contributed by atoms with van der Waals surface area (Å²) >= 11 is 3.11. The van der Waals surface area contributed by atoms with Crippen molar-refractivity contribution in [2.45, 2.75) is 70.3 Å². The van der Waals surface area contributed by atoms with E-state index in [1.165, 1.54) is 38.5 Å². The lowest BCUT2D eigenvalue weighted by atomic mass is 9.49. The number of hydrogen-bond acceptors (Lipinski definition) is 5. The zero-order valence-corrected chi connectivity index (χ0v) is 19.7. The second-order valence-corrected chi connectivity index (χ2v) is 12.6. The van der Waals surface area contributed by atoms with Gasteiger partial charge >= 0.3 is 0 Å². The Morgan fingerprint density at radius 1 is 1.23 bits per heavy atom. The summed E-state index contributed by atoms with van der Waals surface area (Å²) in [6, 6.07) is 0. The van der Waals surface area contributed by atoms with E-state index in [1.807, 2.05) is 20.8 Å². The standard InChI is InChI=1S/C23H31N3O2S2/c1-12-13(2)30-22-19(12)21(28)25-18(26-22)10-29-14(3)20(27)24-11-23-7-15-4-16(8-23)6-17(5-15)9-23/h14-17H,4-11H2,1-3H3,(H,24,27)(H,25,26,28). The summed E-state index contributed by atoms with van der Waals surface area (Å²) in [6.07, 6.45) is 8.22. The average molecular weight is 446 g/mol. The van der Waals surface area contributed by atoms with Crippen molar-refractivity contribution < 1.29 is 4.79 Å². The first kappa shape index (κ1) is 20.6. The molecular weight excluding hydrogens is 414 g/mol. The molecule has 4 aliphatic carbocycles. The Kier molecular flexibility index (Phi) is 5.25. The number of carbonyl (C=O) groups is 1. The highest BCUT2D eigenvalue weighted by molar-refractivity contribution is 7.99. The molecule has 2 aromatic rings. The summed E-state index contributed by atoms with van der Waals surface area (Å²) in [5.74, 6) is 4.01. The first-order valence-electron chi connectivity index (χ1n) is 11.2. The van der Waals surface area contributed by atoms with Gasteiger partial charge in [0.25, 0.3) is 5.56 Å². The van der Waals surface area contributed by atoms with Gasteiger partial charge < -0.3 is 10.3 Å². The molecule has 30 heavy (non-hydrogen) atoms. The molecule has 2 N–H and O–H groups in total. The zero-order valence-electron chi connectivity index (χ0n) is 18.0. The van der Waals surface area contributed by atoms with E-state index in [0.29, 0.717) is 22.4 Å². The maximum Gasteiger partial charge on any atom is 0.259 e. The van der Waals surface area contributed by atoms with Crippen LogP contribution in [0.3, 0.4) is 0 Å². The van der Waals surface area contributed by atoms with Crippen molar-refractivity contribution in [2.75, 3.05) is 6.54 Å². The molecule has 1 atom stereocenters. The van der Waals surface area contributed by atoms with Crippen LogP contribution < -0.4 is 10.9 Å². The monoisotopic (exact) mass is 445 g/mol. The number of aryl methyl sites for hydroxylation is 2. The minimum Gasteiger partial charge on any atom is -0.355 e. The number of thiophene rings is 1. The van der Waals surface area contributed by atoms with Crippen LogP contribution in [0.4, 0.5) is 0 Å². The van der Waals surface area contributed by atoms with Gasteiger partial charge in [0.05, 0.1) is 16.4 Å². The van der Waals surface area contributed by atoms with E-state index >= 15 is 0 Å². The molecule has 5 nitrogen and oxygen atoms in total. The molecule has 0 saturated heterocycles. The molecule has 0 aromatic carbocycles. The van der Waals surface area contributed by atoms with Crippen LogP contribution in [-0.2, 0) is 10.5 Å². The third-order valence-electron chi connectivity index (χ3n) is 7.73. The quantitative estimate of drug-likeness (QED) is 0.684. The Morgan fingerprint density at radius 2 is 1.87 bits per heavy atom. The van der Waals surface area contributed by atoms with Crippen molar-refractivity contribution in [3.05, 3.63) is 26.6 Å². The number of thioether (sulfide) groups is 1. The maximum atomic E-state index is 12.8. The lowest BCUT2D eigenvalue weighted by Gasteiger charge is -2.57. The van der Waals surface area contributed by atoms with E-state index in [1.54, 1.807) is 23.1 Å². The van der Waals surface area contributed by atoms with Crippen molar-refractivity contribution >= 4 is 39.2 Å². The summed E-state index contributed by atoms with van der Waals surface area (Å²) < 4.78 is 0. The average Bonchev–Trinajstić information content (AvgIpc) is 2.97. The van der Waals surface area contributed by atoms with Crippen LogP contribution in [0.25, 0.3) is 10.2 Å². The first-order chi connectivity index (χ1) is 14.3. The molecule has 2 aromatic heterocycles.